The van der Waals surface area contributed by atoms with Crippen LogP contribution in [-0.4, -0.2) is 38.3 Å². The Bertz CT molecular complexity index is 835. The summed E-state index contributed by atoms with van der Waals surface area (Å²) in [4.78, 5) is 16.6. The van der Waals surface area contributed by atoms with Gasteiger partial charge >= 0.3 is 5.97 Å². The van der Waals surface area contributed by atoms with Gasteiger partial charge in [-0.3, -0.25) is 4.79 Å². The predicted molar refractivity (Wildman–Crippen MR) is 136 cm³/mol. The van der Waals surface area contributed by atoms with E-state index in [0.717, 1.165) is 5.56 Å². The number of nitrogens with one attached hydrogen (secondary N) is 1. The lowest BCUT2D eigenvalue weighted by Crippen LogP contribution is -2.39. The first-order chi connectivity index (χ1) is 15.7. The highest BCUT2D eigenvalue weighted by Gasteiger charge is 2.41. The fourth-order valence-corrected chi connectivity index (χ4v) is 3.44. The molecule has 1 aromatic heterocycles. The van der Waals surface area contributed by atoms with Crippen LogP contribution in [0.1, 0.15) is 80.1 Å². The van der Waals surface area contributed by atoms with Gasteiger partial charge in [-0.05, 0) is 32.3 Å². The lowest BCUT2D eigenvalue weighted by Gasteiger charge is -2.32. The first-order valence-electron chi connectivity index (χ1n) is 12.1. The maximum Gasteiger partial charge on any atom is 0.309 e. The van der Waals surface area contributed by atoms with Gasteiger partial charge in [-0.15, -0.1) is 0 Å². The molecule has 192 valence electrons. The number of benzene rings is 1. The number of nitrogens with zero attached hydrogens (tertiary/aromatic N) is 2. The molecular formula is C27H45N3O4. The Labute approximate surface area is 205 Å². The maximum absolute atomic E-state index is 12.3. The molecule has 1 atom stereocenters. The Kier molecular flexibility index (Phi) is 11.9. The van der Waals surface area contributed by atoms with Crippen LogP contribution in [0, 0.1) is 5.92 Å². The van der Waals surface area contributed by atoms with E-state index in [9.17, 15) is 9.90 Å². The summed E-state index contributed by atoms with van der Waals surface area (Å²) in [5.41, 5.74) is -0.988. The maximum atomic E-state index is 12.3. The molecule has 0 amide bonds. The minimum atomic E-state index is -1.44. The van der Waals surface area contributed by atoms with Crippen LogP contribution in [0.25, 0.3) is 0 Å². The summed E-state index contributed by atoms with van der Waals surface area (Å²) < 4.78 is 12.9. The second-order valence-corrected chi connectivity index (χ2v) is 10.5. The highest BCUT2D eigenvalue weighted by Crippen LogP contribution is 2.33. The van der Waals surface area contributed by atoms with Crippen molar-refractivity contribution >= 4 is 5.97 Å². The average Bonchev–Trinajstić information content (AvgIpc) is 3.15. The predicted octanol–water partition coefficient (Wildman–Crippen LogP) is 5.03. The zero-order chi connectivity index (χ0) is 25.9. The van der Waals surface area contributed by atoms with Gasteiger partial charge in [0.05, 0.1) is 13.0 Å². The highest BCUT2D eigenvalue weighted by molar-refractivity contribution is 5.71. The molecule has 0 spiro atoms. The van der Waals surface area contributed by atoms with E-state index in [1.165, 1.54) is 0 Å². The Morgan fingerprint density at radius 2 is 1.65 bits per heavy atom. The summed E-state index contributed by atoms with van der Waals surface area (Å²) >= 11 is 0. The molecule has 7 heteroatoms. The van der Waals surface area contributed by atoms with Gasteiger partial charge in [0.25, 0.3) is 0 Å². The van der Waals surface area contributed by atoms with Crippen LogP contribution in [0.4, 0.5) is 0 Å². The first kappa shape index (κ1) is 29.8. The van der Waals surface area contributed by atoms with E-state index in [4.69, 9.17) is 9.47 Å². The summed E-state index contributed by atoms with van der Waals surface area (Å²) in [5.74, 6) is -0.296. The average molecular weight is 476 g/mol. The Hall–Kier alpha value is -2.22. The number of ether oxygens (including phenoxy) is 2. The molecule has 0 aliphatic heterocycles. The Morgan fingerprint density at radius 1 is 1.06 bits per heavy atom. The number of esters is 1. The zero-order valence-electron chi connectivity index (χ0n) is 22.5. The number of imidazole rings is 1. The van der Waals surface area contributed by atoms with E-state index < -0.39 is 17.2 Å². The summed E-state index contributed by atoms with van der Waals surface area (Å²) in [6.45, 7) is 18.4. The molecule has 0 saturated carbocycles. The van der Waals surface area contributed by atoms with Crippen LogP contribution in [0.15, 0.2) is 42.7 Å². The molecule has 0 bridgehead atoms. The van der Waals surface area contributed by atoms with Gasteiger partial charge in [-0.1, -0.05) is 71.9 Å². The van der Waals surface area contributed by atoms with E-state index in [-0.39, 0.29) is 19.1 Å². The molecule has 2 aromatic rings. The molecule has 0 saturated heterocycles. The Morgan fingerprint density at radius 3 is 2.12 bits per heavy atom. The van der Waals surface area contributed by atoms with Crippen molar-refractivity contribution in [1.82, 2.24) is 14.9 Å². The second kappa shape index (κ2) is 13.6. The van der Waals surface area contributed by atoms with Crippen LogP contribution in [0.3, 0.4) is 0 Å². The van der Waals surface area contributed by atoms with Crippen LogP contribution >= 0.6 is 0 Å². The van der Waals surface area contributed by atoms with Crippen molar-refractivity contribution < 1.29 is 19.4 Å². The van der Waals surface area contributed by atoms with Gasteiger partial charge in [-0.25, -0.2) is 4.98 Å². The van der Waals surface area contributed by atoms with Crippen molar-refractivity contribution in [2.24, 2.45) is 5.92 Å². The van der Waals surface area contributed by atoms with E-state index >= 15 is 0 Å². The van der Waals surface area contributed by atoms with E-state index in [1.807, 2.05) is 44.2 Å². The number of aliphatic hydroxyl groups is 1. The monoisotopic (exact) mass is 475 g/mol. The van der Waals surface area contributed by atoms with Crippen LogP contribution < -0.4 is 5.32 Å². The number of rotatable bonds is 10. The summed E-state index contributed by atoms with van der Waals surface area (Å²) in [6, 6.07) is 11.1. The van der Waals surface area contributed by atoms with E-state index in [1.54, 1.807) is 37.7 Å². The van der Waals surface area contributed by atoms with Crippen LogP contribution in [-0.2, 0) is 33.2 Å². The van der Waals surface area contributed by atoms with Gasteiger partial charge < -0.3 is 24.5 Å². The molecular weight excluding hydrogens is 430 g/mol. The van der Waals surface area contributed by atoms with Gasteiger partial charge in [-0.2, -0.15) is 0 Å². The normalized spacial score (nSPS) is 13.6. The quantitative estimate of drug-likeness (QED) is 0.469. The molecule has 1 heterocycles. The van der Waals surface area contributed by atoms with Crippen molar-refractivity contribution in [2.45, 2.75) is 105 Å². The highest BCUT2D eigenvalue weighted by atomic mass is 16.6. The van der Waals surface area contributed by atoms with Crippen molar-refractivity contribution in [3.63, 3.8) is 0 Å². The van der Waals surface area contributed by atoms with Gasteiger partial charge in [0.1, 0.15) is 23.8 Å². The minimum Gasteiger partial charge on any atom is -0.460 e. The summed E-state index contributed by atoms with van der Waals surface area (Å²) in [7, 11) is 0. The van der Waals surface area contributed by atoms with Gasteiger partial charge in [0.15, 0.2) is 0 Å². The SMILES string of the molecule is CC(C)C(O)(CC(=O)OC(C)(C)C)c1nccn1COCc1ccccc1.CC(C)NC(C)C. The largest absolute Gasteiger partial charge is 0.460 e. The molecule has 2 N–H and O–H groups in total. The van der Waals surface area contributed by atoms with E-state index in [2.05, 4.69) is 38.0 Å². The third-order valence-corrected chi connectivity index (χ3v) is 4.90. The summed E-state index contributed by atoms with van der Waals surface area (Å²) in [6.07, 6.45) is 3.17. The van der Waals surface area contributed by atoms with E-state index in [0.29, 0.717) is 24.5 Å². The molecule has 1 aromatic carbocycles. The standard InChI is InChI=1S/C21H30N2O4.C6H15N/c1-16(2)21(25,13-18(24)27-20(3,4)5)19-22-11-12-23(19)15-26-14-17-9-7-6-8-10-17;1-5(2)7-6(3)4/h6-12,16,25H,13-15H2,1-5H3;5-7H,1-4H3. The molecule has 0 fully saturated rings. The molecule has 1 unspecified atom stereocenters. The molecule has 0 aliphatic rings. The smallest absolute Gasteiger partial charge is 0.309 e. The number of hydrogen-bond donors (Lipinski definition) is 2. The molecule has 0 radical (unpaired) electrons. The number of carbonyl (C=O) groups excluding carboxylic acids is 1. The number of hydrogen-bond acceptors (Lipinski definition) is 6. The molecule has 34 heavy (non-hydrogen) atoms. The fourth-order valence-electron chi connectivity index (χ4n) is 3.44. The van der Waals surface area contributed by atoms with Crippen molar-refractivity contribution in [3.8, 4) is 0 Å². The van der Waals surface area contributed by atoms with Crippen molar-refractivity contribution in [3.05, 3.63) is 54.1 Å². The molecule has 2 rings (SSSR count). The zero-order valence-corrected chi connectivity index (χ0v) is 22.5. The third-order valence-electron chi connectivity index (χ3n) is 4.90. The van der Waals surface area contributed by atoms with Gasteiger partial charge in [0.2, 0.25) is 0 Å². The topological polar surface area (TPSA) is 85.6 Å². The van der Waals surface area contributed by atoms with Crippen LogP contribution in [0.2, 0.25) is 0 Å². The van der Waals surface area contributed by atoms with Crippen molar-refractivity contribution in [1.29, 1.82) is 0 Å². The van der Waals surface area contributed by atoms with Gasteiger partial charge in [0, 0.05) is 24.5 Å². The fraction of sp³-hybridized carbons (Fsp3) is 0.630. The third kappa shape index (κ3) is 10.8. The number of aromatic nitrogens is 2. The summed E-state index contributed by atoms with van der Waals surface area (Å²) in [5, 5.41) is 14.6. The van der Waals surface area contributed by atoms with Crippen LogP contribution in [0.5, 0.6) is 0 Å². The van der Waals surface area contributed by atoms with Crippen molar-refractivity contribution in [2.75, 3.05) is 0 Å². The first-order valence-corrected chi connectivity index (χ1v) is 12.1. The second-order valence-electron chi connectivity index (χ2n) is 10.5. The lowest BCUT2D eigenvalue weighted by molar-refractivity contribution is -0.163. The minimum absolute atomic E-state index is 0.169. The Balaban J connectivity index is 0.000000718. The lowest BCUT2D eigenvalue weighted by atomic mass is 9.86. The molecule has 7 nitrogen and oxygen atoms in total. The number of carbonyl (C=O) groups is 1. The molecule has 0 aliphatic carbocycles.